The van der Waals surface area contributed by atoms with Crippen LogP contribution in [0, 0.1) is 12.3 Å². The van der Waals surface area contributed by atoms with E-state index in [9.17, 15) is 8.78 Å². The lowest BCUT2D eigenvalue weighted by atomic mass is 10.3. The molecule has 0 fully saturated rings. The monoisotopic (exact) mass is 134 g/mol. The summed E-state index contributed by atoms with van der Waals surface area (Å²) in [5.41, 5.74) is 0. The summed E-state index contributed by atoms with van der Waals surface area (Å²) in [5.74, 6) is 2.32. The summed E-state index contributed by atoms with van der Waals surface area (Å²) < 4.78 is 26.3. The molecule has 0 aromatic heterocycles. The number of ether oxygens (including phenoxy) is 1. The third-order valence-electron chi connectivity index (χ3n) is 0.709. The zero-order valence-corrected chi connectivity index (χ0v) is 4.94. The largest absolute Gasteiger partial charge is 0.345 e. The molecule has 52 valence electrons. The molecule has 1 nitrogen and oxygen atoms in total. The van der Waals surface area contributed by atoms with Crippen LogP contribution in [0.1, 0.15) is 12.8 Å². The second-order valence-electron chi connectivity index (χ2n) is 1.44. The Morgan fingerprint density at radius 3 is 2.67 bits per heavy atom. The van der Waals surface area contributed by atoms with Gasteiger partial charge in [0.25, 0.3) is 0 Å². The van der Waals surface area contributed by atoms with Crippen LogP contribution in [0.15, 0.2) is 0 Å². The maximum Gasteiger partial charge on any atom is 0.345 e. The lowest BCUT2D eigenvalue weighted by Crippen LogP contribution is -1.99. The highest BCUT2D eigenvalue weighted by Crippen LogP contribution is 1.96. The Bertz CT molecular complexity index is 95.7. The molecule has 0 N–H and O–H groups in total. The molecule has 0 bridgehead atoms. The van der Waals surface area contributed by atoms with Crippen LogP contribution in [-0.2, 0) is 4.74 Å². The van der Waals surface area contributed by atoms with Crippen molar-refractivity contribution < 1.29 is 13.5 Å². The Morgan fingerprint density at radius 2 is 2.22 bits per heavy atom. The molecule has 3 heteroatoms. The third kappa shape index (κ3) is 7.38. The van der Waals surface area contributed by atoms with Gasteiger partial charge in [0.2, 0.25) is 0 Å². The topological polar surface area (TPSA) is 9.23 Å². The number of unbranched alkanes of at least 4 members (excludes halogenated alkanes) is 1. The van der Waals surface area contributed by atoms with Gasteiger partial charge >= 0.3 is 6.61 Å². The van der Waals surface area contributed by atoms with Crippen LogP contribution in [0.2, 0.25) is 0 Å². The van der Waals surface area contributed by atoms with Crippen LogP contribution in [0.5, 0.6) is 0 Å². The van der Waals surface area contributed by atoms with E-state index in [2.05, 4.69) is 10.7 Å². The normalized spacial score (nSPS) is 9.56. The molecule has 0 rings (SSSR count). The summed E-state index contributed by atoms with van der Waals surface area (Å²) in [4.78, 5) is 0. The molecule has 0 radical (unpaired) electrons. The second kappa shape index (κ2) is 5.52. The Morgan fingerprint density at radius 1 is 1.56 bits per heavy atom. The molecule has 0 atom stereocenters. The number of hydrogen-bond acceptors (Lipinski definition) is 1. The summed E-state index contributed by atoms with van der Waals surface area (Å²) in [6.45, 7) is -2.62. The predicted molar refractivity (Wildman–Crippen MR) is 30.0 cm³/mol. The molecular weight excluding hydrogens is 126 g/mol. The Balaban J connectivity index is 2.85. The van der Waals surface area contributed by atoms with Gasteiger partial charge in [-0.1, -0.05) is 0 Å². The van der Waals surface area contributed by atoms with Crippen molar-refractivity contribution >= 4 is 0 Å². The highest BCUT2D eigenvalue weighted by atomic mass is 19.3. The molecular formula is C6H8F2O. The summed E-state index contributed by atoms with van der Waals surface area (Å²) in [7, 11) is 0. The van der Waals surface area contributed by atoms with Gasteiger partial charge in [0.1, 0.15) is 0 Å². The number of terminal acetylenes is 1. The highest BCUT2D eigenvalue weighted by molar-refractivity contribution is 4.82. The minimum Gasteiger partial charge on any atom is -0.323 e. The van der Waals surface area contributed by atoms with Gasteiger partial charge < -0.3 is 4.74 Å². The van der Waals surface area contributed by atoms with Gasteiger partial charge in [-0.25, -0.2) is 0 Å². The maximum absolute atomic E-state index is 11.2. The first-order valence-electron chi connectivity index (χ1n) is 2.60. The van der Waals surface area contributed by atoms with E-state index < -0.39 is 6.61 Å². The fourth-order valence-corrected chi connectivity index (χ4v) is 0.347. The fraction of sp³-hybridized carbons (Fsp3) is 0.667. The first-order valence-corrected chi connectivity index (χ1v) is 2.60. The van der Waals surface area contributed by atoms with E-state index in [1.54, 1.807) is 0 Å². The molecule has 0 amide bonds. The number of hydrogen-bond donors (Lipinski definition) is 0. The van der Waals surface area contributed by atoms with Gasteiger partial charge in [0.05, 0.1) is 6.61 Å². The van der Waals surface area contributed by atoms with Gasteiger partial charge in [-0.3, -0.25) is 0 Å². The van der Waals surface area contributed by atoms with Crippen molar-refractivity contribution in [2.75, 3.05) is 6.61 Å². The van der Waals surface area contributed by atoms with Crippen molar-refractivity contribution in [3.8, 4) is 12.3 Å². The van der Waals surface area contributed by atoms with E-state index in [0.29, 0.717) is 12.8 Å². The predicted octanol–water partition coefficient (Wildman–Crippen LogP) is 1.64. The molecule has 0 aliphatic carbocycles. The molecule has 0 aliphatic heterocycles. The average molecular weight is 134 g/mol. The van der Waals surface area contributed by atoms with Gasteiger partial charge in [0, 0.05) is 6.42 Å². The Hall–Kier alpha value is -0.620. The molecule has 9 heavy (non-hydrogen) atoms. The Labute approximate surface area is 53.0 Å². The molecule has 0 unspecified atom stereocenters. The second-order valence-corrected chi connectivity index (χ2v) is 1.44. The van der Waals surface area contributed by atoms with E-state index in [1.807, 2.05) is 0 Å². The van der Waals surface area contributed by atoms with Crippen molar-refractivity contribution in [3.63, 3.8) is 0 Å². The molecule has 0 heterocycles. The lowest BCUT2D eigenvalue weighted by molar-refractivity contribution is -0.128. The van der Waals surface area contributed by atoms with Crippen LogP contribution < -0.4 is 0 Å². The summed E-state index contributed by atoms with van der Waals surface area (Å²) >= 11 is 0. The summed E-state index contributed by atoms with van der Waals surface area (Å²) in [6, 6.07) is 0. The minimum absolute atomic E-state index is 0.0435. The number of halogens is 2. The first kappa shape index (κ1) is 8.38. The smallest absolute Gasteiger partial charge is 0.323 e. The summed E-state index contributed by atoms with van der Waals surface area (Å²) in [6.07, 6.45) is 5.85. The van der Waals surface area contributed by atoms with Crippen molar-refractivity contribution in [1.82, 2.24) is 0 Å². The third-order valence-corrected chi connectivity index (χ3v) is 0.709. The molecule has 0 spiro atoms. The van der Waals surface area contributed by atoms with Crippen molar-refractivity contribution in [2.45, 2.75) is 19.5 Å². The molecule has 0 aromatic carbocycles. The minimum atomic E-state index is -2.66. The summed E-state index contributed by atoms with van der Waals surface area (Å²) in [5, 5.41) is 0. The van der Waals surface area contributed by atoms with Crippen LogP contribution in [0.4, 0.5) is 8.78 Å². The lowest BCUT2D eigenvalue weighted by Gasteiger charge is -1.97. The quantitative estimate of drug-likeness (QED) is 0.419. The highest BCUT2D eigenvalue weighted by Gasteiger charge is 1.98. The molecule has 0 saturated heterocycles. The molecule has 0 aliphatic rings. The van der Waals surface area contributed by atoms with E-state index in [4.69, 9.17) is 6.42 Å². The van der Waals surface area contributed by atoms with Crippen molar-refractivity contribution in [3.05, 3.63) is 0 Å². The Kier molecular flexibility index (Phi) is 5.14. The van der Waals surface area contributed by atoms with Crippen LogP contribution >= 0.6 is 0 Å². The number of rotatable bonds is 4. The van der Waals surface area contributed by atoms with Gasteiger partial charge in [0.15, 0.2) is 0 Å². The molecule has 0 saturated carbocycles. The zero-order valence-electron chi connectivity index (χ0n) is 4.94. The van der Waals surface area contributed by atoms with Gasteiger partial charge in [-0.05, 0) is 6.42 Å². The average Bonchev–Trinajstić information content (AvgIpc) is 1.80. The first-order chi connectivity index (χ1) is 4.27. The fourth-order valence-electron chi connectivity index (χ4n) is 0.347. The van der Waals surface area contributed by atoms with Crippen molar-refractivity contribution in [2.24, 2.45) is 0 Å². The zero-order chi connectivity index (χ0) is 7.11. The van der Waals surface area contributed by atoms with Crippen molar-refractivity contribution in [1.29, 1.82) is 0 Å². The van der Waals surface area contributed by atoms with Crippen LogP contribution in [0.3, 0.4) is 0 Å². The van der Waals surface area contributed by atoms with Gasteiger partial charge in [-0.15, -0.1) is 12.3 Å². The van der Waals surface area contributed by atoms with Gasteiger partial charge in [-0.2, -0.15) is 8.78 Å². The van der Waals surface area contributed by atoms with E-state index >= 15 is 0 Å². The van der Waals surface area contributed by atoms with E-state index in [0.717, 1.165) is 0 Å². The SMILES string of the molecule is C#CCCCOC(F)F. The van der Waals surface area contributed by atoms with Crippen LogP contribution in [-0.4, -0.2) is 13.2 Å². The van der Waals surface area contributed by atoms with Crippen LogP contribution in [0.25, 0.3) is 0 Å². The standard InChI is InChI=1S/C6H8F2O/c1-2-3-4-5-9-6(7)8/h1,6H,3-5H2. The van der Waals surface area contributed by atoms with E-state index in [1.165, 1.54) is 0 Å². The van der Waals surface area contributed by atoms with E-state index in [-0.39, 0.29) is 6.61 Å². The molecule has 0 aromatic rings. The maximum atomic E-state index is 11.2. The number of alkyl halides is 2.